The number of nitrogens with one attached hydrogen (secondary N) is 2. The molecule has 2 aromatic rings. The van der Waals surface area contributed by atoms with E-state index in [1.165, 1.54) is 24.2 Å². The topological polar surface area (TPSA) is 71.0 Å². The summed E-state index contributed by atoms with van der Waals surface area (Å²) in [7, 11) is 0. The van der Waals surface area contributed by atoms with Gasteiger partial charge in [-0.15, -0.1) is 0 Å². The molecule has 2 atom stereocenters. The van der Waals surface area contributed by atoms with E-state index >= 15 is 0 Å². The lowest BCUT2D eigenvalue weighted by atomic mass is 9.86. The average molecular weight is 557 g/mol. The number of allylic oxidation sites excluding steroid dienone is 8. The van der Waals surface area contributed by atoms with E-state index in [1.807, 2.05) is 39.0 Å². The Bertz CT molecular complexity index is 1290. The van der Waals surface area contributed by atoms with Gasteiger partial charge >= 0.3 is 0 Å². The Morgan fingerprint density at radius 1 is 1.24 bits per heavy atom. The van der Waals surface area contributed by atoms with Crippen LogP contribution >= 0.6 is 0 Å². The van der Waals surface area contributed by atoms with Gasteiger partial charge in [0.25, 0.3) is 0 Å². The maximum atomic E-state index is 9.90. The van der Waals surface area contributed by atoms with Gasteiger partial charge in [-0.2, -0.15) is 5.26 Å². The molecule has 1 aliphatic carbocycles. The number of H-pyrrole nitrogens is 1. The highest BCUT2D eigenvalue weighted by Gasteiger charge is 2.22. The Kier molecular flexibility index (Phi) is 13.7. The molecule has 1 fully saturated rings. The molecule has 6 heteroatoms. The third-order valence-corrected chi connectivity index (χ3v) is 7.58. The summed E-state index contributed by atoms with van der Waals surface area (Å²) in [4.78, 5) is 13.6. The molecule has 41 heavy (non-hydrogen) atoms. The maximum absolute atomic E-state index is 9.90. The third kappa shape index (κ3) is 8.47. The Balaban J connectivity index is 0.00000192. The van der Waals surface area contributed by atoms with Crippen molar-refractivity contribution < 1.29 is 0 Å². The van der Waals surface area contributed by atoms with Crippen LogP contribution in [0.3, 0.4) is 0 Å². The standard InChI is InChI=1S/C32H42N6.C2H6.CH4/c1-6-10-29(34-22-26(21-33)25-12-9-11-23(4)18-25)28(8-3)32-35-30-20-27(19-24(5)31(30)36-32)38-16-14-37(13-7-2)15-17-38;1-2;/h6,8-11,18-20,25-26,34H,3,7,12-17,22H2,1-2,4-5H3,(H,35,36);1-2H3;1H4/b10-6-,29-28-;;. The van der Waals surface area contributed by atoms with Crippen LogP contribution in [0.1, 0.15) is 66.3 Å². The van der Waals surface area contributed by atoms with Crippen LogP contribution in [0.4, 0.5) is 5.69 Å². The van der Waals surface area contributed by atoms with Crippen LogP contribution in [0.5, 0.6) is 0 Å². The summed E-state index contributed by atoms with van der Waals surface area (Å²) in [5.74, 6) is 0.876. The van der Waals surface area contributed by atoms with Gasteiger partial charge in [-0.1, -0.05) is 70.7 Å². The van der Waals surface area contributed by atoms with E-state index in [0.29, 0.717) is 6.54 Å². The first-order valence-electron chi connectivity index (χ1n) is 14.9. The molecule has 0 spiro atoms. The van der Waals surface area contributed by atoms with Gasteiger partial charge in [0, 0.05) is 49.7 Å². The molecular weight excluding hydrogens is 504 g/mol. The number of hydrogen-bond donors (Lipinski definition) is 2. The van der Waals surface area contributed by atoms with E-state index in [1.54, 1.807) is 0 Å². The Morgan fingerprint density at radius 2 is 1.98 bits per heavy atom. The molecule has 0 bridgehead atoms. The van der Waals surface area contributed by atoms with Gasteiger partial charge in [0.05, 0.1) is 23.0 Å². The molecule has 2 N–H and O–H groups in total. The number of nitrogens with zero attached hydrogens (tertiary/aromatic N) is 4. The van der Waals surface area contributed by atoms with Crippen LogP contribution < -0.4 is 10.2 Å². The van der Waals surface area contributed by atoms with Gasteiger partial charge in [-0.25, -0.2) is 4.98 Å². The molecule has 1 aromatic heterocycles. The number of aromatic nitrogens is 2. The van der Waals surface area contributed by atoms with Crippen molar-refractivity contribution in [2.45, 2.75) is 61.8 Å². The SMILES string of the molecule is C.C=C/C(=C(\C=C/C)NCC(C#N)C1C=C(C)C=CC1)c1nc2c(C)cc(N3CCN(CCC)CC3)cc2[nH]1.CC. The minimum atomic E-state index is -0.125. The number of hydrogen-bond acceptors (Lipinski definition) is 5. The van der Waals surface area contributed by atoms with Crippen molar-refractivity contribution in [3.05, 3.63) is 77.8 Å². The summed E-state index contributed by atoms with van der Waals surface area (Å²) < 4.78 is 0. The average Bonchev–Trinajstić information content (AvgIpc) is 3.40. The van der Waals surface area contributed by atoms with E-state index in [2.05, 4.69) is 83.9 Å². The molecule has 6 nitrogen and oxygen atoms in total. The number of aromatic amines is 1. The minimum Gasteiger partial charge on any atom is -0.383 e. The molecule has 4 rings (SSSR count). The third-order valence-electron chi connectivity index (χ3n) is 7.58. The maximum Gasteiger partial charge on any atom is 0.140 e. The van der Waals surface area contributed by atoms with E-state index < -0.39 is 0 Å². The summed E-state index contributed by atoms with van der Waals surface area (Å²) in [6, 6.07) is 7.01. The smallest absolute Gasteiger partial charge is 0.140 e. The number of benzene rings is 1. The Labute approximate surface area is 249 Å². The van der Waals surface area contributed by atoms with Gasteiger partial charge < -0.3 is 15.2 Å². The second-order valence-corrected chi connectivity index (χ2v) is 10.4. The van der Waals surface area contributed by atoms with Gasteiger partial charge in [-0.3, -0.25) is 4.90 Å². The highest BCUT2D eigenvalue weighted by molar-refractivity contribution is 5.87. The molecule has 2 heterocycles. The summed E-state index contributed by atoms with van der Waals surface area (Å²) in [5.41, 5.74) is 7.47. The van der Waals surface area contributed by atoms with E-state index in [4.69, 9.17) is 4.98 Å². The lowest BCUT2D eigenvalue weighted by molar-refractivity contribution is 0.258. The van der Waals surface area contributed by atoms with Crippen LogP contribution in [-0.2, 0) is 0 Å². The van der Waals surface area contributed by atoms with E-state index in [9.17, 15) is 5.26 Å². The normalized spacial score (nSPS) is 18.5. The molecule has 1 aliphatic heterocycles. The molecule has 1 aromatic carbocycles. The lowest BCUT2D eigenvalue weighted by Gasteiger charge is -2.36. The van der Waals surface area contributed by atoms with Crippen molar-refractivity contribution in [3.8, 4) is 6.07 Å². The summed E-state index contributed by atoms with van der Waals surface area (Å²) in [5, 5.41) is 13.4. The van der Waals surface area contributed by atoms with Crippen molar-refractivity contribution in [1.82, 2.24) is 20.2 Å². The Morgan fingerprint density at radius 3 is 2.59 bits per heavy atom. The molecule has 2 aliphatic rings. The molecule has 1 saturated heterocycles. The molecule has 0 radical (unpaired) electrons. The van der Waals surface area contributed by atoms with Gasteiger partial charge in [-0.05, 0) is 69.8 Å². The lowest BCUT2D eigenvalue weighted by Crippen LogP contribution is -2.46. The number of piperazine rings is 1. The van der Waals surface area contributed by atoms with Crippen LogP contribution in [0, 0.1) is 30.1 Å². The molecule has 0 saturated carbocycles. The zero-order valence-corrected chi connectivity index (χ0v) is 25.4. The predicted octanol–water partition coefficient (Wildman–Crippen LogP) is 7.79. The first-order valence-corrected chi connectivity index (χ1v) is 14.9. The van der Waals surface area contributed by atoms with Crippen molar-refractivity contribution in [2.24, 2.45) is 11.8 Å². The number of anilines is 1. The number of fused-ring (bicyclic) bond motifs is 1. The highest BCUT2D eigenvalue weighted by atomic mass is 15.3. The van der Waals surface area contributed by atoms with E-state index in [0.717, 1.165) is 66.3 Å². The van der Waals surface area contributed by atoms with Crippen LogP contribution in [0.15, 0.2) is 66.4 Å². The van der Waals surface area contributed by atoms with Crippen molar-refractivity contribution in [3.63, 3.8) is 0 Å². The molecule has 222 valence electrons. The van der Waals surface area contributed by atoms with Gasteiger partial charge in [0.2, 0.25) is 0 Å². The Hall–Kier alpha value is -3.56. The number of aryl methyl sites for hydroxylation is 1. The summed E-state index contributed by atoms with van der Waals surface area (Å²) in [6.07, 6.45) is 14.5. The molecule has 2 unspecified atom stereocenters. The monoisotopic (exact) mass is 556 g/mol. The van der Waals surface area contributed by atoms with Gasteiger partial charge in [0.1, 0.15) is 5.82 Å². The van der Waals surface area contributed by atoms with Crippen molar-refractivity contribution in [1.29, 1.82) is 5.26 Å². The van der Waals surface area contributed by atoms with E-state index in [-0.39, 0.29) is 19.3 Å². The number of nitriles is 1. The zero-order chi connectivity index (χ0) is 29.1. The fourth-order valence-corrected chi connectivity index (χ4v) is 5.54. The number of imidazole rings is 1. The fourth-order valence-electron chi connectivity index (χ4n) is 5.54. The second kappa shape index (κ2) is 16.6. The minimum absolute atomic E-state index is 0. The molecule has 0 amide bonds. The molecular formula is C35H52N6. The first kappa shape index (κ1) is 33.6. The summed E-state index contributed by atoms with van der Waals surface area (Å²) >= 11 is 0. The van der Waals surface area contributed by atoms with Crippen molar-refractivity contribution >= 4 is 22.3 Å². The fraction of sp³-hybridized carbons (Fsp3) is 0.486. The predicted molar refractivity (Wildman–Crippen MR) is 178 cm³/mol. The highest BCUT2D eigenvalue weighted by Crippen LogP contribution is 2.29. The first-order chi connectivity index (χ1) is 19.5. The van der Waals surface area contributed by atoms with Crippen LogP contribution in [-0.4, -0.2) is 54.1 Å². The zero-order valence-electron chi connectivity index (χ0n) is 25.4. The van der Waals surface area contributed by atoms with Crippen LogP contribution in [0.2, 0.25) is 0 Å². The van der Waals surface area contributed by atoms with Crippen molar-refractivity contribution in [2.75, 3.05) is 44.2 Å². The largest absolute Gasteiger partial charge is 0.383 e. The second-order valence-electron chi connectivity index (χ2n) is 10.4. The van der Waals surface area contributed by atoms with Crippen LogP contribution in [0.25, 0.3) is 16.6 Å². The number of rotatable bonds is 10. The summed E-state index contributed by atoms with van der Waals surface area (Å²) in [6.45, 7) is 22.6. The quantitative estimate of drug-likeness (QED) is 0.292. The van der Waals surface area contributed by atoms with Gasteiger partial charge in [0.15, 0.2) is 0 Å².